The number of imide groups is 1. The van der Waals surface area contributed by atoms with Gasteiger partial charge in [0.25, 0.3) is 23.3 Å². The first-order chi connectivity index (χ1) is 13.9. The molecule has 0 saturated heterocycles. The molecule has 4 rings (SSSR count). The number of anilines is 2. The minimum atomic E-state index is -0.653. The molecule has 1 aliphatic rings. The minimum Gasteiger partial charge on any atom is -0.384 e. The largest absolute Gasteiger partial charge is 0.384 e. The molecule has 144 valence electrons. The molecule has 0 unspecified atom stereocenters. The molecule has 0 spiro atoms. The number of pyridine rings is 1. The van der Waals surface area contributed by atoms with E-state index in [9.17, 15) is 19.2 Å². The summed E-state index contributed by atoms with van der Waals surface area (Å²) < 4.78 is 1.13. The maximum atomic E-state index is 12.6. The van der Waals surface area contributed by atoms with Crippen LogP contribution in [0.5, 0.6) is 0 Å². The third-order valence-electron chi connectivity index (χ3n) is 4.71. The molecule has 2 aromatic carbocycles. The molecule has 1 aliphatic heterocycles. The first kappa shape index (κ1) is 18.2. The van der Waals surface area contributed by atoms with Crippen LogP contribution in [0.15, 0.2) is 59.4 Å². The number of rotatable bonds is 3. The number of aryl methyl sites for hydroxylation is 1. The quantitative estimate of drug-likeness (QED) is 0.591. The summed E-state index contributed by atoms with van der Waals surface area (Å²) in [6.07, 6.45) is 0. The molecule has 0 fully saturated rings. The van der Waals surface area contributed by atoms with Gasteiger partial charge in [-0.1, -0.05) is 24.3 Å². The van der Waals surface area contributed by atoms with Gasteiger partial charge in [0.15, 0.2) is 0 Å². The Morgan fingerprint density at radius 3 is 2.52 bits per heavy atom. The molecule has 0 saturated carbocycles. The van der Waals surface area contributed by atoms with Crippen molar-refractivity contribution in [1.82, 2.24) is 9.88 Å². The van der Waals surface area contributed by atoms with E-state index in [1.165, 1.54) is 0 Å². The number of nitrogens with one attached hydrogen (secondary N) is 2. The lowest BCUT2D eigenvalue weighted by Gasteiger charge is -2.13. The van der Waals surface area contributed by atoms with Gasteiger partial charge in [0.2, 0.25) is 0 Å². The van der Waals surface area contributed by atoms with Crippen molar-refractivity contribution in [2.75, 3.05) is 11.1 Å². The number of aromatic nitrogens is 1. The molecule has 8 nitrogen and oxygen atoms in total. The highest BCUT2D eigenvalue weighted by Crippen LogP contribution is 2.24. The van der Waals surface area contributed by atoms with Crippen molar-refractivity contribution in [3.05, 3.63) is 87.2 Å². The van der Waals surface area contributed by atoms with Crippen LogP contribution < -0.4 is 21.9 Å². The molecule has 2 heterocycles. The van der Waals surface area contributed by atoms with Crippen molar-refractivity contribution >= 4 is 29.2 Å². The molecule has 3 amide bonds. The average molecular weight is 388 g/mol. The Labute approximate surface area is 165 Å². The molecular formula is C21H16N4O4. The van der Waals surface area contributed by atoms with Crippen LogP contribution in [-0.2, 0) is 0 Å². The Morgan fingerprint density at radius 1 is 1.00 bits per heavy atom. The zero-order valence-corrected chi connectivity index (χ0v) is 15.4. The summed E-state index contributed by atoms with van der Waals surface area (Å²) in [5.74, 6) is -1.74. The van der Waals surface area contributed by atoms with E-state index < -0.39 is 17.4 Å². The van der Waals surface area contributed by atoms with Crippen LogP contribution in [-0.4, -0.2) is 22.3 Å². The van der Waals surface area contributed by atoms with E-state index in [1.54, 1.807) is 36.4 Å². The zero-order chi connectivity index (χ0) is 20.7. The molecule has 0 atom stereocenters. The molecule has 8 heteroatoms. The number of hydrogen-bond acceptors (Lipinski definition) is 5. The second-order valence-corrected chi connectivity index (χ2v) is 6.59. The van der Waals surface area contributed by atoms with E-state index in [2.05, 4.69) is 10.6 Å². The van der Waals surface area contributed by atoms with Gasteiger partial charge in [-0.05, 0) is 36.8 Å². The number of carbonyl (C=O) groups is 3. The normalized spacial score (nSPS) is 12.4. The molecule has 0 radical (unpaired) electrons. The number of benzene rings is 2. The van der Waals surface area contributed by atoms with E-state index in [-0.39, 0.29) is 22.9 Å². The van der Waals surface area contributed by atoms with Crippen molar-refractivity contribution in [2.45, 2.75) is 6.92 Å². The molecule has 29 heavy (non-hydrogen) atoms. The van der Waals surface area contributed by atoms with Crippen molar-refractivity contribution in [2.24, 2.45) is 0 Å². The highest BCUT2D eigenvalue weighted by Gasteiger charge is 2.31. The molecule has 0 bridgehead atoms. The van der Waals surface area contributed by atoms with Gasteiger partial charge in [-0.15, -0.1) is 0 Å². The third kappa shape index (κ3) is 3.06. The lowest BCUT2D eigenvalue weighted by atomic mass is 10.1. The molecule has 4 N–H and O–H groups in total. The lowest BCUT2D eigenvalue weighted by molar-refractivity contribution is 0.0879. The highest BCUT2D eigenvalue weighted by molar-refractivity contribution is 6.23. The SMILES string of the molecule is Cc1ccccc1C(=O)Nc1cccc(-n2c(N)c3c(cc2=O)C(=O)NC3=O)c1. The van der Waals surface area contributed by atoms with E-state index in [0.717, 1.165) is 16.2 Å². The fourth-order valence-electron chi connectivity index (χ4n) is 3.29. The number of amides is 3. The Bertz CT molecular complexity index is 1260. The van der Waals surface area contributed by atoms with Gasteiger partial charge in [0, 0.05) is 17.3 Å². The van der Waals surface area contributed by atoms with Gasteiger partial charge in [-0.3, -0.25) is 29.1 Å². The number of carbonyl (C=O) groups excluding carboxylic acids is 3. The maximum Gasteiger partial charge on any atom is 0.262 e. The fraction of sp³-hybridized carbons (Fsp3) is 0.0476. The van der Waals surface area contributed by atoms with Crippen molar-refractivity contribution in [1.29, 1.82) is 0 Å². The second-order valence-electron chi connectivity index (χ2n) is 6.59. The lowest BCUT2D eigenvalue weighted by Crippen LogP contribution is -2.24. The van der Waals surface area contributed by atoms with Crippen LogP contribution >= 0.6 is 0 Å². The monoisotopic (exact) mass is 388 g/mol. The van der Waals surface area contributed by atoms with Crippen LogP contribution in [0.2, 0.25) is 0 Å². The predicted molar refractivity (Wildman–Crippen MR) is 107 cm³/mol. The van der Waals surface area contributed by atoms with Crippen LogP contribution in [0.1, 0.15) is 36.6 Å². The van der Waals surface area contributed by atoms with Crippen molar-refractivity contribution in [3.63, 3.8) is 0 Å². The predicted octanol–water partition coefficient (Wildman–Crippen LogP) is 1.86. The van der Waals surface area contributed by atoms with E-state index in [0.29, 0.717) is 16.9 Å². The van der Waals surface area contributed by atoms with E-state index >= 15 is 0 Å². The van der Waals surface area contributed by atoms with Crippen molar-refractivity contribution in [3.8, 4) is 5.69 Å². The summed E-state index contributed by atoms with van der Waals surface area (Å²) in [6.45, 7) is 1.84. The summed E-state index contributed by atoms with van der Waals surface area (Å²) in [5, 5.41) is 4.91. The summed E-state index contributed by atoms with van der Waals surface area (Å²) in [7, 11) is 0. The number of hydrogen-bond donors (Lipinski definition) is 3. The molecule has 1 aromatic heterocycles. The smallest absolute Gasteiger partial charge is 0.262 e. The summed E-state index contributed by atoms with van der Waals surface area (Å²) in [4.78, 5) is 48.9. The standard InChI is InChI=1S/C21H16N4O4/c1-11-5-2-3-8-14(11)19(27)23-12-6-4-7-13(9-12)25-16(26)10-15-17(18(25)22)21(29)24-20(15)28/h2-10H,22H2,1H3,(H,23,27)(H,24,28,29). The first-order valence-electron chi connectivity index (χ1n) is 8.75. The summed E-state index contributed by atoms with van der Waals surface area (Å²) in [6, 6.07) is 14.7. The molecule has 0 aliphatic carbocycles. The topological polar surface area (TPSA) is 123 Å². The van der Waals surface area contributed by atoms with Gasteiger partial charge >= 0.3 is 0 Å². The highest BCUT2D eigenvalue weighted by atomic mass is 16.2. The second kappa shape index (κ2) is 6.75. The Balaban J connectivity index is 1.74. The van der Waals surface area contributed by atoms with Crippen LogP contribution in [0.4, 0.5) is 11.5 Å². The van der Waals surface area contributed by atoms with Crippen LogP contribution in [0, 0.1) is 6.92 Å². The first-order valence-corrected chi connectivity index (χ1v) is 8.75. The Hall–Kier alpha value is -4.20. The van der Waals surface area contributed by atoms with Gasteiger partial charge in [-0.25, -0.2) is 0 Å². The average Bonchev–Trinajstić information content (AvgIpc) is 2.96. The van der Waals surface area contributed by atoms with Crippen LogP contribution in [0.3, 0.4) is 0 Å². The third-order valence-corrected chi connectivity index (χ3v) is 4.71. The zero-order valence-electron chi connectivity index (χ0n) is 15.4. The van der Waals surface area contributed by atoms with Gasteiger partial charge in [0.05, 0.1) is 16.8 Å². The van der Waals surface area contributed by atoms with Crippen LogP contribution in [0.25, 0.3) is 5.69 Å². The Morgan fingerprint density at radius 2 is 1.76 bits per heavy atom. The van der Waals surface area contributed by atoms with Crippen molar-refractivity contribution < 1.29 is 14.4 Å². The molecular weight excluding hydrogens is 372 g/mol. The fourth-order valence-corrected chi connectivity index (χ4v) is 3.29. The van der Waals surface area contributed by atoms with E-state index in [1.807, 2.05) is 19.1 Å². The Kier molecular flexibility index (Phi) is 4.23. The van der Waals surface area contributed by atoms with Gasteiger partial charge in [-0.2, -0.15) is 0 Å². The summed E-state index contributed by atoms with van der Waals surface area (Å²) in [5.41, 5.74) is 7.56. The summed E-state index contributed by atoms with van der Waals surface area (Å²) >= 11 is 0. The van der Waals surface area contributed by atoms with E-state index in [4.69, 9.17) is 5.73 Å². The number of fused-ring (bicyclic) bond motifs is 1. The number of nitrogens with two attached hydrogens (primary N) is 1. The molecule has 3 aromatic rings. The minimum absolute atomic E-state index is 0.0380. The maximum absolute atomic E-state index is 12.6. The van der Waals surface area contributed by atoms with Gasteiger partial charge in [0.1, 0.15) is 5.82 Å². The number of nitrogens with zero attached hydrogens (tertiary/aromatic N) is 1. The van der Waals surface area contributed by atoms with Gasteiger partial charge < -0.3 is 11.1 Å². The number of nitrogen functional groups attached to an aromatic ring is 1.